The lowest BCUT2D eigenvalue weighted by atomic mass is 9.89. The van der Waals surface area contributed by atoms with Crippen molar-refractivity contribution in [2.45, 2.75) is 56.9 Å². The molecule has 21 heavy (non-hydrogen) atoms. The number of nitrogens with one attached hydrogen (secondary N) is 1. The number of aromatic hydroxyl groups is 1. The van der Waals surface area contributed by atoms with Gasteiger partial charge in [0, 0.05) is 30.5 Å². The largest absolute Gasteiger partial charge is 0.508 e. The molecule has 3 rings (SSSR count). The lowest BCUT2D eigenvalue weighted by Crippen LogP contribution is -2.43. The molecule has 0 amide bonds. The fourth-order valence-electron chi connectivity index (χ4n) is 3.50. The number of para-hydroxylation sites is 1. The van der Waals surface area contributed by atoms with Gasteiger partial charge in [0.25, 0.3) is 0 Å². The van der Waals surface area contributed by atoms with Gasteiger partial charge in [-0.05, 0) is 25.3 Å². The molecule has 2 N–H and O–H groups in total. The van der Waals surface area contributed by atoms with Gasteiger partial charge in [-0.25, -0.2) is 0 Å². The van der Waals surface area contributed by atoms with Crippen LogP contribution in [-0.2, 0) is 9.47 Å². The van der Waals surface area contributed by atoms with E-state index in [1.54, 1.807) is 6.07 Å². The molecule has 1 saturated carbocycles. The highest BCUT2D eigenvalue weighted by Crippen LogP contribution is 2.37. The van der Waals surface area contributed by atoms with Crippen molar-refractivity contribution in [3.8, 4) is 5.75 Å². The van der Waals surface area contributed by atoms with Crippen molar-refractivity contribution in [1.82, 2.24) is 5.32 Å². The smallest absolute Gasteiger partial charge is 0.168 e. The molecule has 4 heteroatoms. The summed E-state index contributed by atoms with van der Waals surface area (Å²) in [7, 11) is 0. The highest BCUT2D eigenvalue weighted by atomic mass is 16.7. The standard InChI is InChI=1S/C17H25NO3/c1-2-15(14-5-3-4-6-16(14)19)18-13-7-9-17(10-8-13)20-11-12-21-17/h3-6,13,15,18-19H,2,7-12H2,1H3/t15-/m0/s1. The number of ether oxygens (including phenoxy) is 2. The van der Waals surface area contributed by atoms with Crippen molar-refractivity contribution in [2.24, 2.45) is 0 Å². The van der Waals surface area contributed by atoms with Crippen LogP contribution in [0.25, 0.3) is 0 Å². The summed E-state index contributed by atoms with van der Waals surface area (Å²) in [6.07, 6.45) is 5.00. The summed E-state index contributed by atoms with van der Waals surface area (Å²) >= 11 is 0. The molecule has 1 aromatic carbocycles. The van der Waals surface area contributed by atoms with Crippen molar-refractivity contribution in [1.29, 1.82) is 0 Å². The molecule has 0 aromatic heterocycles. The predicted molar refractivity (Wildman–Crippen MR) is 81.2 cm³/mol. The Hall–Kier alpha value is -1.10. The zero-order chi connectivity index (χ0) is 14.7. The monoisotopic (exact) mass is 291 g/mol. The van der Waals surface area contributed by atoms with E-state index in [0.29, 0.717) is 11.8 Å². The van der Waals surface area contributed by atoms with Crippen LogP contribution in [0.3, 0.4) is 0 Å². The lowest BCUT2D eigenvalue weighted by molar-refractivity contribution is -0.179. The Kier molecular flexibility index (Phi) is 4.48. The molecule has 1 heterocycles. The van der Waals surface area contributed by atoms with E-state index >= 15 is 0 Å². The Morgan fingerprint density at radius 2 is 1.90 bits per heavy atom. The third kappa shape index (κ3) is 3.23. The van der Waals surface area contributed by atoms with Gasteiger partial charge in [0.15, 0.2) is 5.79 Å². The Bertz CT molecular complexity index is 461. The van der Waals surface area contributed by atoms with E-state index in [1.807, 2.05) is 18.2 Å². The average molecular weight is 291 g/mol. The van der Waals surface area contributed by atoms with Crippen LogP contribution < -0.4 is 5.32 Å². The maximum absolute atomic E-state index is 10.0. The van der Waals surface area contributed by atoms with E-state index in [-0.39, 0.29) is 11.8 Å². The van der Waals surface area contributed by atoms with Gasteiger partial charge in [0.2, 0.25) is 0 Å². The molecule has 1 saturated heterocycles. The van der Waals surface area contributed by atoms with Crippen LogP contribution in [0.5, 0.6) is 5.75 Å². The first-order chi connectivity index (χ1) is 10.2. The fraction of sp³-hybridized carbons (Fsp3) is 0.647. The number of hydrogen-bond acceptors (Lipinski definition) is 4. The van der Waals surface area contributed by atoms with Gasteiger partial charge in [0.1, 0.15) is 5.75 Å². The second-order valence-electron chi connectivity index (χ2n) is 6.07. The SMILES string of the molecule is CC[C@H](NC1CCC2(CC1)OCCO2)c1ccccc1O. The second kappa shape index (κ2) is 6.34. The number of benzene rings is 1. The summed E-state index contributed by atoms with van der Waals surface area (Å²) in [5.74, 6) is 0.0843. The maximum Gasteiger partial charge on any atom is 0.168 e. The van der Waals surface area contributed by atoms with Crippen LogP contribution in [0.1, 0.15) is 50.6 Å². The van der Waals surface area contributed by atoms with E-state index < -0.39 is 0 Å². The van der Waals surface area contributed by atoms with Gasteiger partial charge in [-0.2, -0.15) is 0 Å². The van der Waals surface area contributed by atoms with E-state index in [0.717, 1.165) is 50.9 Å². The molecule has 1 aromatic rings. The molecule has 0 radical (unpaired) electrons. The molecular formula is C17H25NO3. The van der Waals surface area contributed by atoms with Gasteiger partial charge in [-0.3, -0.25) is 0 Å². The van der Waals surface area contributed by atoms with Crippen LogP contribution in [0.2, 0.25) is 0 Å². The normalized spacial score (nSPS) is 23.5. The topological polar surface area (TPSA) is 50.7 Å². The summed E-state index contributed by atoms with van der Waals surface area (Å²) in [5, 5.41) is 13.7. The third-order valence-corrected chi connectivity index (χ3v) is 4.72. The van der Waals surface area contributed by atoms with Crippen LogP contribution in [0, 0.1) is 0 Å². The van der Waals surface area contributed by atoms with E-state index in [2.05, 4.69) is 12.2 Å². The summed E-state index contributed by atoms with van der Waals surface area (Å²) in [6, 6.07) is 8.28. The highest BCUT2D eigenvalue weighted by molar-refractivity contribution is 5.34. The van der Waals surface area contributed by atoms with Crippen LogP contribution in [-0.4, -0.2) is 30.1 Å². The number of phenols is 1. The Morgan fingerprint density at radius 1 is 1.24 bits per heavy atom. The van der Waals surface area contributed by atoms with Gasteiger partial charge in [-0.15, -0.1) is 0 Å². The zero-order valence-corrected chi connectivity index (χ0v) is 12.7. The Labute approximate surface area is 126 Å². The quantitative estimate of drug-likeness (QED) is 0.895. The number of phenolic OH excluding ortho intramolecular Hbond substituents is 1. The van der Waals surface area contributed by atoms with Crippen molar-refractivity contribution >= 4 is 0 Å². The molecule has 116 valence electrons. The molecule has 2 aliphatic rings. The second-order valence-corrected chi connectivity index (χ2v) is 6.07. The van der Waals surface area contributed by atoms with E-state index in [1.165, 1.54) is 0 Å². The lowest BCUT2D eigenvalue weighted by Gasteiger charge is -2.37. The van der Waals surface area contributed by atoms with Crippen LogP contribution in [0.4, 0.5) is 0 Å². The molecular weight excluding hydrogens is 266 g/mol. The molecule has 0 unspecified atom stereocenters. The molecule has 2 fully saturated rings. The van der Waals surface area contributed by atoms with Crippen molar-refractivity contribution < 1.29 is 14.6 Å². The number of hydrogen-bond donors (Lipinski definition) is 2. The molecule has 0 bridgehead atoms. The number of rotatable bonds is 4. The molecule has 1 spiro atoms. The minimum absolute atomic E-state index is 0.204. The Balaban J connectivity index is 1.60. The summed E-state index contributed by atoms with van der Waals surface area (Å²) in [6.45, 7) is 3.61. The highest BCUT2D eigenvalue weighted by Gasteiger charge is 2.40. The van der Waals surface area contributed by atoms with Gasteiger partial charge in [0.05, 0.1) is 13.2 Å². The molecule has 1 aliphatic heterocycles. The average Bonchev–Trinajstić information content (AvgIpc) is 2.96. The molecule has 4 nitrogen and oxygen atoms in total. The molecule has 1 aliphatic carbocycles. The molecule has 1 atom stereocenters. The predicted octanol–water partition coefficient (Wildman–Crippen LogP) is 3.12. The van der Waals surface area contributed by atoms with Crippen molar-refractivity contribution in [3.63, 3.8) is 0 Å². The van der Waals surface area contributed by atoms with Crippen molar-refractivity contribution in [3.05, 3.63) is 29.8 Å². The first-order valence-corrected chi connectivity index (χ1v) is 8.04. The minimum atomic E-state index is -0.297. The van der Waals surface area contributed by atoms with E-state index in [9.17, 15) is 5.11 Å². The summed E-state index contributed by atoms with van der Waals surface area (Å²) < 4.78 is 11.5. The van der Waals surface area contributed by atoms with E-state index in [4.69, 9.17) is 9.47 Å². The van der Waals surface area contributed by atoms with Crippen LogP contribution >= 0.6 is 0 Å². The first-order valence-electron chi connectivity index (χ1n) is 8.04. The third-order valence-electron chi connectivity index (χ3n) is 4.72. The van der Waals surface area contributed by atoms with Gasteiger partial charge >= 0.3 is 0 Å². The zero-order valence-electron chi connectivity index (χ0n) is 12.7. The van der Waals surface area contributed by atoms with Crippen LogP contribution in [0.15, 0.2) is 24.3 Å². The summed E-state index contributed by atoms with van der Waals surface area (Å²) in [4.78, 5) is 0. The Morgan fingerprint density at radius 3 is 2.52 bits per heavy atom. The first kappa shape index (κ1) is 14.8. The maximum atomic E-state index is 10.0. The summed E-state index contributed by atoms with van der Waals surface area (Å²) in [5.41, 5.74) is 0.994. The van der Waals surface area contributed by atoms with Gasteiger partial charge in [-0.1, -0.05) is 25.1 Å². The minimum Gasteiger partial charge on any atom is -0.508 e. The van der Waals surface area contributed by atoms with Crippen molar-refractivity contribution in [2.75, 3.05) is 13.2 Å². The van der Waals surface area contributed by atoms with Gasteiger partial charge < -0.3 is 19.9 Å². The fourth-order valence-corrected chi connectivity index (χ4v) is 3.50.